The van der Waals surface area contributed by atoms with E-state index in [0.717, 1.165) is 12.2 Å². The Bertz CT molecular complexity index is 765. The summed E-state index contributed by atoms with van der Waals surface area (Å²) in [4.78, 5) is 24.9. The summed E-state index contributed by atoms with van der Waals surface area (Å²) in [5.41, 5.74) is 2.32. The second-order valence-corrected chi connectivity index (χ2v) is 8.28. The third-order valence-electron chi connectivity index (χ3n) is 4.84. The van der Waals surface area contributed by atoms with E-state index in [1.165, 1.54) is 24.8 Å². The lowest BCUT2D eigenvalue weighted by Gasteiger charge is -2.18. The van der Waals surface area contributed by atoms with Gasteiger partial charge in [0.1, 0.15) is 5.75 Å². The van der Waals surface area contributed by atoms with Crippen LogP contribution in [0.1, 0.15) is 86.1 Å². The zero-order chi connectivity index (χ0) is 20.6. The molecule has 0 unspecified atom stereocenters. The van der Waals surface area contributed by atoms with Crippen LogP contribution < -0.4 is 4.74 Å². The number of Topliss-reactive ketones (excluding diaryl/α,β-unsaturated/α-hetero) is 2. The first-order valence-corrected chi connectivity index (χ1v) is 10.2. The number of carbonyl (C=O) groups excluding carboxylic acids is 2. The minimum atomic E-state index is -0.167. The molecular formula is C25H32O3. The van der Waals surface area contributed by atoms with Gasteiger partial charge in [-0.25, -0.2) is 0 Å². The Labute approximate surface area is 169 Å². The molecule has 3 nitrogen and oxygen atoms in total. The summed E-state index contributed by atoms with van der Waals surface area (Å²) in [6, 6.07) is 14.6. The Hall–Kier alpha value is -2.42. The minimum absolute atomic E-state index is 0.0389. The smallest absolute Gasteiger partial charge is 0.170 e. The molecule has 0 spiro atoms. The summed E-state index contributed by atoms with van der Waals surface area (Å²) in [5.74, 6) is 0.443. The molecule has 2 aromatic carbocycles. The average molecular weight is 381 g/mol. The third-order valence-corrected chi connectivity index (χ3v) is 4.84. The predicted octanol–water partition coefficient (Wildman–Crippen LogP) is 6.40. The van der Waals surface area contributed by atoms with Crippen LogP contribution in [0.2, 0.25) is 0 Å². The Balaban J connectivity index is 1.89. The number of hydrogen-bond acceptors (Lipinski definition) is 3. The van der Waals surface area contributed by atoms with E-state index in [1.54, 1.807) is 24.3 Å². The first-order valence-electron chi connectivity index (χ1n) is 10.2. The van der Waals surface area contributed by atoms with Crippen LogP contribution in [0.15, 0.2) is 48.5 Å². The van der Waals surface area contributed by atoms with Gasteiger partial charge in [0.15, 0.2) is 11.6 Å². The van der Waals surface area contributed by atoms with Gasteiger partial charge in [0.05, 0.1) is 13.0 Å². The van der Waals surface area contributed by atoms with Crippen molar-refractivity contribution in [2.75, 3.05) is 6.61 Å². The normalized spacial score (nSPS) is 11.3. The van der Waals surface area contributed by atoms with Crippen molar-refractivity contribution in [3.63, 3.8) is 0 Å². The van der Waals surface area contributed by atoms with Gasteiger partial charge in [0.2, 0.25) is 0 Å². The monoisotopic (exact) mass is 380 g/mol. The molecule has 0 aliphatic carbocycles. The molecule has 0 radical (unpaired) electrons. The van der Waals surface area contributed by atoms with Crippen molar-refractivity contribution in [1.29, 1.82) is 0 Å². The van der Waals surface area contributed by atoms with Crippen LogP contribution in [0, 0.1) is 0 Å². The number of unbranched alkanes of at least 4 members (excludes halogenated alkanes) is 3. The fourth-order valence-corrected chi connectivity index (χ4v) is 2.96. The Morgan fingerprint density at radius 1 is 0.786 bits per heavy atom. The highest BCUT2D eigenvalue weighted by Crippen LogP contribution is 2.23. The molecule has 0 atom stereocenters. The van der Waals surface area contributed by atoms with Gasteiger partial charge in [-0.1, -0.05) is 71.2 Å². The van der Waals surface area contributed by atoms with E-state index >= 15 is 0 Å². The summed E-state index contributed by atoms with van der Waals surface area (Å²) >= 11 is 0. The lowest BCUT2D eigenvalue weighted by molar-refractivity contribution is 0.0894. The van der Waals surface area contributed by atoms with E-state index in [9.17, 15) is 9.59 Å². The maximum Gasteiger partial charge on any atom is 0.170 e. The molecular weight excluding hydrogens is 348 g/mol. The molecule has 0 amide bonds. The first-order chi connectivity index (χ1) is 13.3. The summed E-state index contributed by atoms with van der Waals surface area (Å²) in [6.07, 6.45) is 4.52. The van der Waals surface area contributed by atoms with Crippen LogP contribution in [-0.2, 0) is 5.41 Å². The number of rotatable bonds is 10. The van der Waals surface area contributed by atoms with Crippen molar-refractivity contribution in [1.82, 2.24) is 0 Å². The van der Waals surface area contributed by atoms with Crippen LogP contribution in [0.5, 0.6) is 5.75 Å². The maximum absolute atomic E-state index is 12.4. The topological polar surface area (TPSA) is 43.4 Å². The first kappa shape index (κ1) is 21.9. The SMILES string of the molecule is CCCCCCOc1ccc(C(=O)CC(=O)c2ccc(C(C)(C)C)cc2)cc1. The molecule has 3 heteroatoms. The second-order valence-electron chi connectivity index (χ2n) is 8.28. The summed E-state index contributed by atoms with van der Waals surface area (Å²) in [5, 5.41) is 0. The number of ketones is 2. The molecule has 0 N–H and O–H groups in total. The van der Waals surface area contributed by atoms with E-state index in [2.05, 4.69) is 27.7 Å². The van der Waals surface area contributed by atoms with E-state index < -0.39 is 0 Å². The molecule has 2 aromatic rings. The molecule has 0 saturated heterocycles. The Morgan fingerprint density at radius 3 is 1.82 bits per heavy atom. The molecule has 2 rings (SSSR count). The molecule has 0 aliphatic heterocycles. The van der Waals surface area contributed by atoms with Gasteiger partial charge >= 0.3 is 0 Å². The number of hydrogen-bond donors (Lipinski definition) is 0. The van der Waals surface area contributed by atoms with Gasteiger partial charge in [-0.05, 0) is 41.7 Å². The highest BCUT2D eigenvalue weighted by atomic mass is 16.5. The van der Waals surface area contributed by atoms with Gasteiger partial charge < -0.3 is 4.74 Å². The van der Waals surface area contributed by atoms with E-state index in [4.69, 9.17) is 4.74 Å². The lowest BCUT2D eigenvalue weighted by atomic mass is 9.86. The lowest BCUT2D eigenvalue weighted by Crippen LogP contribution is -2.12. The van der Waals surface area contributed by atoms with Crippen LogP contribution in [-0.4, -0.2) is 18.2 Å². The van der Waals surface area contributed by atoms with Crippen molar-refractivity contribution in [2.45, 2.75) is 65.2 Å². The van der Waals surface area contributed by atoms with Crippen molar-refractivity contribution in [3.8, 4) is 5.75 Å². The van der Waals surface area contributed by atoms with Crippen LogP contribution >= 0.6 is 0 Å². The van der Waals surface area contributed by atoms with Crippen molar-refractivity contribution >= 4 is 11.6 Å². The fraction of sp³-hybridized carbons (Fsp3) is 0.440. The predicted molar refractivity (Wildman–Crippen MR) is 114 cm³/mol. The van der Waals surface area contributed by atoms with E-state index in [0.29, 0.717) is 17.7 Å². The largest absolute Gasteiger partial charge is 0.494 e. The standard InChI is InChI=1S/C25H32O3/c1-5-6-7-8-17-28-22-15-11-20(12-16-22)24(27)18-23(26)19-9-13-21(14-10-19)25(2,3)4/h9-16H,5-8,17-18H2,1-4H3. The summed E-state index contributed by atoms with van der Waals surface area (Å²) in [6.45, 7) is 9.27. The van der Waals surface area contributed by atoms with Gasteiger partial charge in [-0.15, -0.1) is 0 Å². The fourth-order valence-electron chi connectivity index (χ4n) is 2.96. The zero-order valence-electron chi connectivity index (χ0n) is 17.6. The molecule has 0 saturated carbocycles. The number of ether oxygens (including phenoxy) is 1. The van der Waals surface area contributed by atoms with Crippen LogP contribution in [0.25, 0.3) is 0 Å². The maximum atomic E-state index is 12.4. The summed E-state index contributed by atoms with van der Waals surface area (Å²) < 4.78 is 5.70. The van der Waals surface area contributed by atoms with Crippen LogP contribution in [0.3, 0.4) is 0 Å². The average Bonchev–Trinajstić information content (AvgIpc) is 2.67. The highest BCUT2D eigenvalue weighted by Gasteiger charge is 2.16. The molecule has 0 fully saturated rings. The van der Waals surface area contributed by atoms with Gasteiger partial charge in [0, 0.05) is 11.1 Å². The minimum Gasteiger partial charge on any atom is -0.494 e. The molecule has 0 bridgehead atoms. The van der Waals surface area contributed by atoms with E-state index in [-0.39, 0.29) is 23.4 Å². The van der Waals surface area contributed by atoms with Crippen molar-refractivity contribution in [2.24, 2.45) is 0 Å². The number of benzene rings is 2. The molecule has 0 heterocycles. The highest BCUT2D eigenvalue weighted by molar-refractivity contribution is 6.13. The van der Waals surface area contributed by atoms with Gasteiger partial charge in [0.25, 0.3) is 0 Å². The quantitative estimate of drug-likeness (QED) is 0.272. The molecule has 28 heavy (non-hydrogen) atoms. The van der Waals surface area contributed by atoms with Gasteiger partial charge in [-0.2, -0.15) is 0 Å². The second kappa shape index (κ2) is 10.2. The van der Waals surface area contributed by atoms with Crippen LogP contribution in [0.4, 0.5) is 0 Å². The van der Waals surface area contributed by atoms with Crippen molar-refractivity contribution < 1.29 is 14.3 Å². The molecule has 0 aromatic heterocycles. The number of carbonyl (C=O) groups is 2. The Kier molecular flexibility index (Phi) is 7.98. The third kappa shape index (κ3) is 6.63. The van der Waals surface area contributed by atoms with Crippen molar-refractivity contribution in [3.05, 3.63) is 65.2 Å². The Morgan fingerprint density at radius 2 is 1.32 bits per heavy atom. The summed E-state index contributed by atoms with van der Waals surface area (Å²) in [7, 11) is 0. The van der Waals surface area contributed by atoms with E-state index in [1.807, 2.05) is 24.3 Å². The zero-order valence-corrected chi connectivity index (χ0v) is 17.6. The van der Waals surface area contributed by atoms with Gasteiger partial charge in [-0.3, -0.25) is 9.59 Å². The molecule has 0 aliphatic rings. The molecule has 150 valence electrons.